The molecule has 0 unspecified atom stereocenters. The molecule has 3 amide bonds. The van der Waals surface area contributed by atoms with E-state index in [0.717, 1.165) is 11.1 Å². The second kappa shape index (κ2) is 12.9. The van der Waals surface area contributed by atoms with Crippen molar-refractivity contribution >= 4 is 45.0 Å². The minimum absolute atomic E-state index is 0.201. The quantitative estimate of drug-likeness (QED) is 0.234. The van der Waals surface area contributed by atoms with Crippen LogP contribution in [0, 0.1) is 6.92 Å². The van der Waals surface area contributed by atoms with Gasteiger partial charge in [-0.2, -0.15) is 4.68 Å². The summed E-state index contributed by atoms with van der Waals surface area (Å²) in [6.07, 6.45) is 1.42. The second-order valence-electron chi connectivity index (χ2n) is 10.4. The lowest BCUT2D eigenvalue weighted by Gasteiger charge is -2.25. The summed E-state index contributed by atoms with van der Waals surface area (Å²) in [6, 6.07) is 28.4. The number of hydrogen-bond acceptors (Lipinski definition) is 8. The van der Waals surface area contributed by atoms with Crippen molar-refractivity contribution in [2.75, 3.05) is 12.4 Å². The Bertz CT molecular complexity index is 1980. The first-order valence-corrected chi connectivity index (χ1v) is 14.9. The number of nitrogens with zero attached hydrogens (tertiary/aromatic N) is 6. The SMILES string of the molecule is Cc1ccc(CN(C)C(=O)[C@@H](NC(=O)c2nc3ccc(NC(=O)c4ccccc4-n4cnnn4)cc3s2)c2ccccc2)cc1. The molecule has 0 saturated carbocycles. The van der Waals surface area contributed by atoms with Gasteiger partial charge < -0.3 is 15.5 Å². The molecule has 6 aromatic rings. The van der Waals surface area contributed by atoms with Crippen LogP contribution in [0.4, 0.5) is 5.69 Å². The summed E-state index contributed by atoms with van der Waals surface area (Å²) >= 11 is 1.17. The zero-order chi connectivity index (χ0) is 31.3. The highest BCUT2D eigenvalue weighted by atomic mass is 32.1. The van der Waals surface area contributed by atoms with E-state index in [1.165, 1.54) is 22.3 Å². The number of nitrogens with one attached hydrogen (secondary N) is 2. The molecule has 11 nitrogen and oxygen atoms in total. The van der Waals surface area contributed by atoms with Gasteiger partial charge in [-0.3, -0.25) is 14.4 Å². The Labute approximate surface area is 262 Å². The van der Waals surface area contributed by atoms with Crippen LogP contribution in [0.1, 0.15) is 42.9 Å². The van der Waals surface area contributed by atoms with E-state index in [2.05, 4.69) is 31.1 Å². The summed E-state index contributed by atoms with van der Waals surface area (Å²) in [5, 5.41) is 17.2. The van der Waals surface area contributed by atoms with E-state index in [1.807, 2.05) is 61.5 Å². The highest BCUT2D eigenvalue weighted by molar-refractivity contribution is 7.20. The first kappa shape index (κ1) is 29.3. The summed E-state index contributed by atoms with van der Waals surface area (Å²) < 4.78 is 2.12. The molecule has 0 radical (unpaired) electrons. The van der Waals surface area contributed by atoms with Crippen LogP contribution in [-0.2, 0) is 11.3 Å². The summed E-state index contributed by atoms with van der Waals surface area (Å²) in [5.41, 5.74) is 4.84. The molecule has 12 heteroatoms. The molecule has 224 valence electrons. The van der Waals surface area contributed by atoms with E-state index in [1.54, 1.807) is 54.4 Å². The van der Waals surface area contributed by atoms with E-state index in [4.69, 9.17) is 0 Å². The molecule has 2 aromatic heterocycles. The van der Waals surface area contributed by atoms with Crippen LogP contribution < -0.4 is 10.6 Å². The van der Waals surface area contributed by atoms with Gasteiger partial charge in [0.1, 0.15) is 12.4 Å². The van der Waals surface area contributed by atoms with E-state index in [-0.39, 0.29) is 16.8 Å². The van der Waals surface area contributed by atoms with Crippen molar-refractivity contribution in [2.24, 2.45) is 0 Å². The lowest BCUT2D eigenvalue weighted by Crippen LogP contribution is -2.41. The second-order valence-corrected chi connectivity index (χ2v) is 11.5. The summed E-state index contributed by atoms with van der Waals surface area (Å²) in [4.78, 5) is 46.4. The van der Waals surface area contributed by atoms with Crippen molar-refractivity contribution in [3.05, 3.63) is 131 Å². The normalized spacial score (nSPS) is 11.6. The third-order valence-corrected chi connectivity index (χ3v) is 8.17. The lowest BCUT2D eigenvalue weighted by molar-refractivity contribution is -0.132. The fourth-order valence-electron chi connectivity index (χ4n) is 4.83. The first-order chi connectivity index (χ1) is 21.9. The van der Waals surface area contributed by atoms with Crippen LogP contribution in [0.5, 0.6) is 0 Å². The van der Waals surface area contributed by atoms with Gasteiger partial charge in [0.25, 0.3) is 11.8 Å². The molecule has 0 saturated heterocycles. The van der Waals surface area contributed by atoms with Gasteiger partial charge in [-0.05, 0) is 58.8 Å². The van der Waals surface area contributed by atoms with Crippen LogP contribution in [0.15, 0.2) is 103 Å². The zero-order valence-electron chi connectivity index (χ0n) is 24.4. The van der Waals surface area contributed by atoms with Crippen molar-refractivity contribution < 1.29 is 14.4 Å². The number of hydrogen-bond donors (Lipinski definition) is 2. The predicted molar refractivity (Wildman–Crippen MR) is 171 cm³/mol. The molecular formula is C33H28N8O3S. The van der Waals surface area contributed by atoms with Gasteiger partial charge in [-0.15, -0.1) is 16.4 Å². The molecule has 0 bridgehead atoms. The molecule has 2 heterocycles. The third-order valence-electron chi connectivity index (χ3n) is 7.16. The average Bonchev–Trinajstić information content (AvgIpc) is 3.75. The summed E-state index contributed by atoms with van der Waals surface area (Å²) in [5.74, 6) is -1.06. The van der Waals surface area contributed by atoms with Gasteiger partial charge in [0, 0.05) is 19.3 Å². The van der Waals surface area contributed by atoms with Gasteiger partial charge >= 0.3 is 0 Å². The lowest BCUT2D eigenvalue weighted by atomic mass is 10.0. The number of fused-ring (bicyclic) bond motifs is 1. The predicted octanol–water partition coefficient (Wildman–Crippen LogP) is 4.96. The number of rotatable bonds is 9. The molecule has 1 atom stereocenters. The van der Waals surface area contributed by atoms with Gasteiger partial charge in [0.2, 0.25) is 5.91 Å². The Hall–Kier alpha value is -5.75. The maximum Gasteiger partial charge on any atom is 0.281 e. The molecule has 6 rings (SSSR count). The van der Waals surface area contributed by atoms with Crippen LogP contribution in [0.25, 0.3) is 15.9 Å². The largest absolute Gasteiger partial charge is 0.339 e. The molecule has 4 aromatic carbocycles. The van der Waals surface area contributed by atoms with Gasteiger partial charge in [0.05, 0.1) is 21.5 Å². The smallest absolute Gasteiger partial charge is 0.281 e. The van der Waals surface area contributed by atoms with Crippen LogP contribution in [-0.4, -0.2) is 54.9 Å². The number of amides is 3. The minimum atomic E-state index is -0.906. The van der Waals surface area contributed by atoms with E-state index < -0.39 is 11.9 Å². The van der Waals surface area contributed by atoms with Gasteiger partial charge in [-0.1, -0.05) is 72.3 Å². The number of thiazole rings is 1. The number of benzene rings is 4. The van der Waals surface area contributed by atoms with Crippen molar-refractivity contribution in [2.45, 2.75) is 19.5 Å². The maximum absolute atomic E-state index is 13.7. The number of tetrazole rings is 1. The van der Waals surface area contributed by atoms with Crippen molar-refractivity contribution in [3.8, 4) is 5.69 Å². The molecular weight excluding hydrogens is 588 g/mol. The fraction of sp³-hybridized carbons (Fsp3) is 0.121. The van der Waals surface area contributed by atoms with Crippen molar-refractivity contribution in [1.82, 2.24) is 35.4 Å². The first-order valence-electron chi connectivity index (χ1n) is 14.1. The van der Waals surface area contributed by atoms with Gasteiger partial charge in [-0.25, -0.2) is 4.98 Å². The van der Waals surface area contributed by atoms with Crippen LogP contribution in [0.3, 0.4) is 0 Å². The number of carbonyl (C=O) groups excluding carboxylic acids is 3. The molecule has 0 fully saturated rings. The summed E-state index contributed by atoms with van der Waals surface area (Å²) in [6.45, 7) is 2.41. The van der Waals surface area contributed by atoms with E-state index >= 15 is 0 Å². The number of likely N-dealkylation sites (N-methyl/N-ethyl adjacent to an activating group) is 1. The number of anilines is 1. The van der Waals surface area contributed by atoms with E-state index in [9.17, 15) is 14.4 Å². The topological polar surface area (TPSA) is 135 Å². The molecule has 2 N–H and O–H groups in total. The Balaban J connectivity index is 1.20. The Morgan fingerprint density at radius 2 is 1.67 bits per heavy atom. The van der Waals surface area contributed by atoms with Gasteiger partial charge in [0.15, 0.2) is 5.01 Å². The Morgan fingerprint density at radius 1 is 0.911 bits per heavy atom. The highest BCUT2D eigenvalue weighted by Crippen LogP contribution is 2.27. The molecule has 45 heavy (non-hydrogen) atoms. The minimum Gasteiger partial charge on any atom is -0.339 e. The molecule has 0 spiro atoms. The summed E-state index contributed by atoms with van der Waals surface area (Å²) in [7, 11) is 1.72. The zero-order valence-corrected chi connectivity index (χ0v) is 25.2. The number of para-hydroxylation sites is 1. The highest BCUT2D eigenvalue weighted by Gasteiger charge is 2.27. The molecule has 0 aliphatic heterocycles. The fourth-order valence-corrected chi connectivity index (χ4v) is 5.73. The van der Waals surface area contributed by atoms with Crippen molar-refractivity contribution in [1.29, 1.82) is 0 Å². The number of carbonyl (C=O) groups is 3. The van der Waals surface area contributed by atoms with Crippen LogP contribution >= 0.6 is 11.3 Å². The Kier molecular flexibility index (Phi) is 8.38. The average molecular weight is 617 g/mol. The third kappa shape index (κ3) is 6.60. The standard InChI is InChI=1S/C33H28N8O3S/c1-21-12-14-22(15-13-21)19-40(2)33(44)29(23-8-4-3-5-9-23)37-31(43)32-36-26-17-16-24(18-28(26)45-32)35-30(42)25-10-6-7-11-27(25)41-20-34-38-39-41/h3-18,20,29H,19H2,1-2H3,(H,35,42)(H,37,43)/t29-/m0/s1. The monoisotopic (exact) mass is 616 g/mol. The Morgan fingerprint density at radius 3 is 2.42 bits per heavy atom. The number of aromatic nitrogens is 5. The number of aryl methyl sites for hydroxylation is 1. The van der Waals surface area contributed by atoms with Crippen LogP contribution in [0.2, 0.25) is 0 Å². The maximum atomic E-state index is 13.7. The molecule has 0 aliphatic carbocycles. The molecule has 0 aliphatic rings. The van der Waals surface area contributed by atoms with E-state index in [0.29, 0.717) is 39.3 Å². The van der Waals surface area contributed by atoms with Crippen molar-refractivity contribution in [3.63, 3.8) is 0 Å².